The van der Waals surface area contributed by atoms with Crippen LogP contribution in [0.1, 0.15) is 148 Å². The van der Waals surface area contributed by atoms with E-state index in [2.05, 4.69) is 33.9 Å². The molecule has 1 N–H and O–H groups in total. The normalized spacial score (nSPS) is 31.4. The average molecular weight is 1150 g/mol. The van der Waals surface area contributed by atoms with Crippen molar-refractivity contribution in [3.8, 4) is 5.75 Å². The highest BCUT2D eigenvalue weighted by Crippen LogP contribution is 2.69. The summed E-state index contributed by atoms with van der Waals surface area (Å²) in [5.41, 5.74) is 2.73. The standard InChI is InChI=1S/C68H85F6N3O6/c1-6-7-8-9-42-10-12-43(13-11-42)44-14-16-45(17-15-44)64(79)82-52-28-24-50(25-29-52)76-33-35-77(36-34-76)58-40-54-55(41-59(58)81-5)63-53(62-60(54)56-38-48(67(69,70)71)39-57(68(72,73)74)61(56)65(62,2)3)30-31-66(83-63,47-20-26-51(80-4)27-21-47)46-18-22-49(23-19-46)75-32-37-78/h18,20-21,24,26-28,30-31,38,41-45,54,57,60,62,78H,6-17,19,22-23,25,29,32-37,39-40H2,1-5H3. The maximum atomic E-state index is 15.5. The summed E-state index contributed by atoms with van der Waals surface area (Å²) in [5, 5.41) is 9.54. The zero-order valence-electron chi connectivity index (χ0n) is 49.2. The predicted octanol–water partition coefficient (Wildman–Crippen LogP) is 15.6. The summed E-state index contributed by atoms with van der Waals surface area (Å²) in [6.45, 7) is 8.65. The highest BCUT2D eigenvalue weighted by Gasteiger charge is 2.63. The summed E-state index contributed by atoms with van der Waals surface area (Å²) < 4.78 is 117. The number of nitrogens with zero attached hydrogens (tertiary/aromatic N) is 3. The van der Waals surface area contributed by atoms with Crippen molar-refractivity contribution in [1.29, 1.82) is 0 Å². The maximum Gasteiger partial charge on any atom is 0.412 e. The number of alkyl halides is 6. The number of methoxy groups -OCH3 is 2. The fraction of sp³-hybridized carbons (Fsp3) is 0.618. The molecule has 83 heavy (non-hydrogen) atoms. The van der Waals surface area contributed by atoms with Crippen LogP contribution in [0.2, 0.25) is 0 Å². The van der Waals surface area contributed by atoms with Crippen molar-refractivity contribution in [3.63, 3.8) is 0 Å². The van der Waals surface area contributed by atoms with E-state index in [-0.39, 0.29) is 29.6 Å². The van der Waals surface area contributed by atoms with E-state index < -0.39 is 59.0 Å². The van der Waals surface area contributed by atoms with Crippen molar-refractivity contribution < 1.29 is 55.2 Å². The number of aliphatic imine (C=N–C) groups is 1. The van der Waals surface area contributed by atoms with E-state index >= 15 is 13.2 Å². The number of carbonyl (C=O) groups excluding carboxylic acids is 1. The van der Waals surface area contributed by atoms with Crippen LogP contribution in [-0.2, 0) is 24.6 Å². The molecule has 450 valence electrons. The number of ether oxygens (including phenoxy) is 4. The van der Waals surface area contributed by atoms with E-state index in [0.29, 0.717) is 99.0 Å². The smallest absolute Gasteiger partial charge is 0.412 e. The van der Waals surface area contributed by atoms with Crippen LogP contribution in [0, 0.1) is 52.8 Å². The quantitative estimate of drug-likeness (QED) is 0.0804. The summed E-state index contributed by atoms with van der Waals surface area (Å²) in [7, 11) is 3.21. The Morgan fingerprint density at radius 2 is 1.53 bits per heavy atom. The molecule has 1 aromatic rings. The lowest BCUT2D eigenvalue weighted by Gasteiger charge is -2.50. The van der Waals surface area contributed by atoms with Gasteiger partial charge in [0.05, 0.1) is 44.9 Å². The molecule has 8 aliphatic carbocycles. The summed E-state index contributed by atoms with van der Waals surface area (Å²) in [6.07, 6.45) is 20.3. The Balaban J connectivity index is 0.849. The highest BCUT2D eigenvalue weighted by molar-refractivity contribution is 5.87. The van der Waals surface area contributed by atoms with Gasteiger partial charge < -0.3 is 33.9 Å². The third kappa shape index (κ3) is 11.7. The topological polar surface area (TPSA) is 93.1 Å². The van der Waals surface area contributed by atoms with Crippen LogP contribution in [0.5, 0.6) is 5.75 Å². The molecule has 10 aliphatic rings. The number of fused-ring (bicyclic) bond motifs is 6. The number of hydrogen-bond donors (Lipinski definition) is 1. The van der Waals surface area contributed by atoms with Gasteiger partial charge in [0.15, 0.2) is 5.60 Å². The van der Waals surface area contributed by atoms with Crippen LogP contribution in [0.25, 0.3) is 0 Å². The third-order valence-electron chi connectivity index (χ3n) is 21.0. The first kappa shape index (κ1) is 59.3. The van der Waals surface area contributed by atoms with Gasteiger partial charge in [0, 0.05) is 79.0 Å². The molecule has 9 nitrogen and oxygen atoms in total. The van der Waals surface area contributed by atoms with Crippen LogP contribution in [0.4, 0.5) is 26.3 Å². The molecule has 2 heterocycles. The number of benzene rings is 1. The van der Waals surface area contributed by atoms with Gasteiger partial charge in [-0.05, 0) is 158 Å². The second kappa shape index (κ2) is 24.1. The number of piperazine rings is 1. The van der Waals surface area contributed by atoms with Gasteiger partial charge in [0.25, 0.3) is 0 Å². The summed E-state index contributed by atoms with van der Waals surface area (Å²) >= 11 is 0. The molecular weight excluding hydrogens is 1070 g/mol. The predicted molar refractivity (Wildman–Crippen MR) is 309 cm³/mol. The largest absolute Gasteiger partial charge is 0.497 e. The van der Waals surface area contributed by atoms with Gasteiger partial charge in [-0.25, -0.2) is 0 Å². The molecule has 5 atom stereocenters. The molecule has 5 unspecified atom stereocenters. The Morgan fingerprint density at radius 1 is 0.819 bits per heavy atom. The molecule has 1 aromatic carbocycles. The molecule has 3 fully saturated rings. The van der Waals surface area contributed by atoms with Crippen LogP contribution in [-0.4, -0.2) is 92.5 Å². The minimum absolute atomic E-state index is 0.0264. The van der Waals surface area contributed by atoms with E-state index in [1.165, 1.54) is 51.4 Å². The average Bonchev–Trinajstić information content (AvgIpc) is 2.31. The minimum Gasteiger partial charge on any atom is -0.497 e. The van der Waals surface area contributed by atoms with Crippen LogP contribution < -0.4 is 4.74 Å². The Hall–Kier alpha value is -5.44. The van der Waals surface area contributed by atoms with Crippen molar-refractivity contribution in [2.24, 2.45) is 57.8 Å². The second-order valence-electron chi connectivity index (χ2n) is 25.8. The SMILES string of the molecule is CCCCCC1CCC(C2CCC(C(=O)OC3=CC=C(N4CCN(C5=C(OC)C=C6C7=C(C=CC(C8=CCC(=NCCO)CC8)(c8ccc(OC)cc8)O7)C7C(C8=C(C(C(F)(F)F)CC(C(F)(F)F)=C8)C7(C)C)C6C5)CC4)CC3)CC2)CC1. The Labute approximate surface area is 487 Å². The number of halogens is 6. The molecule has 1 saturated heterocycles. The van der Waals surface area contributed by atoms with E-state index in [1.54, 1.807) is 28.1 Å². The highest BCUT2D eigenvalue weighted by atomic mass is 19.4. The number of carbonyl (C=O) groups is 1. The van der Waals surface area contributed by atoms with Gasteiger partial charge in [-0.2, -0.15) is 26.3 Å². The van der Waals surface area contributed by atoms with E-state index in [9.17, 15) is 23.1 Å². The first-order chi connectivity index (χ1) is 39.8. The molecule has 0 aromatic heterocycles. The molecule has 0 radical (unpaired) electrons. The summed E-state index contributed by atoms with van der Waals surface area (Å²) in [4.78, 5) is 22.8. The molecule has 15 heteroatoms. The lowest BCUT2D eigenvalue weighted by Crippen LogP contribution is -2.47. The molecule has 0 amide bonds. The number of unbranched alkanes of at least 4 members (excludes halogenated alkanes) is 2. The van der Waals surface area contributed by atoms with Crippen molar-refractivity contribution in [1.82, 2.24) is 9.80 Å². The Morgan fingerprint density at radius 3 is 2.14 bits per heavy atom. The number of rotatable bonds is 15. The zero-order valence-corrected chi connectivity index (χ0v) is 49.2. The number of esters is 1. The van der Waals surface area contributed by atoms with Crippen molar-refractivity contribution in [3.05, 3.63) is 134 Å². The van der Waals surface area contributed by atoms with Gasteiger partial charge >= 0.3 is 18.3 Å². The Kier molecular flexibility index (Phi) is 17.2. The number of aliphatic hydroxyl groups excluding tert-OH is 1. The van der Waals surface area contributed by atoms with Crippen LogP contribution in [0.15, 0.2) is 134 Å². The molecule has 0 spiro atoms. The minimum atomic E-state index is -4.95. The molecular formula is C68H85F6N3O6. The van der Waals surface area contributed by atoms with Crippen molar-refractivity contribution in [2.75, 3.05) is 53.6 Å². The van der Waals surface area contributed by atoms with E-state index in [4.69, 9.17) is 18.9 Å². The maximum absolute atomic E-state index is 15.5. The number of aliphatic hydroxyl groups is 1. The molecule has 0 bridgehead atoms. The zero-order chi connectivity index (χ0) is 58.4. The lowest BCUT2D eigenvalue weighted by atomic mass is 9.59. The van der Waals surface area contributed by atoms with Gasteiger partial charge in [0.2, 0.25) is 0 Å². The first-order valence-corrected chi connectivity index (χ1v) is 31.1. The lowest BCUT2D eigenvalue weighted by molar-refractivity contribution is -0.172. The monoisotopic (exact) mass is 1150 g/mol. The molecule has 11 rings (SSSR count). The summed E-state index contributed by atoms with van der Waals surface area (Å²) in [6, 6.07) is 7.65. The summed E-state index contributed by atoms with van der Waals surface area (Å²) in [5.74, 6) is 0.463. The van der Waals surface area contributed by atoms with Crippen LogP contribution in [0.3, 0.4) is 0 Å². The van der Waals surface area contributed by atoms with E-state index in [0.717, 1.165) is 84.2 Å². The molecule has 2 saturated carbocycles. The fourth-order valence-electron chi connectivity index (χ4n) is 16.7. The number of allylic oxidation sites excluding steroid dienone is 14. The van der Waals surface area contributed by atoms with Crippen molar-refractivity contribution >= 4 is 11.7 Å². The van der Waals surface area contributed by atoms with Gasteiger partial charge in [-0.15, -0.1) is 0 Å². The van der Waals surface area contributed by atoms with Crippen LogP contribution >= 0.6 is 0 Å². The molecule has 2 aliphatic heterocycles. The van der Waals surface area contributed by atoms with Gasteiger partial charge in [-0.1, -0.05) is 89.7 Å². The van der Waals surface area contributed by atoms with Gasteiger partial charge in [-0.3, -0.25) is 9.79 Å². The van der Waals surface area contributed by atoms with Crippen molar-refractivity contribution in [2.45, 2.75) is 161 Å². The van der Waals surface area contributed by atoms with Gasteiger partial charge in [0.1, 0.15) is 23.0 Å². The second-order valence-corrected chi connectivity index (χ2v) is 25.8. The third-order valence-corrected chi connectivity index (χ3v) is 21.0. The van der Waals surface area contributed by atoms with E-state index in [1.807, 2.05) is 48.6 Å². The Bertz CT molecular complexity index is 2930. The number of hydrogen-bond acceptors (Lipinski definition) is 9. The fourth-order valence-corrected chi connectivity index (χ4v) is 16.7. The first-order valence-electron chi connectivity index (χ1n) is 31.1.